The van der Waals surface area contributed by atoms with Gasteiger partial charge < -0.3 is 10.1 Å². The molecule has 0 aliphatic carbocycles. The van der Waals surface area contributed by atoms with Gasteiger partial charge in [0.25, 0.3) is 5.91 Å². The Kier molecular flexibility index (Phi) is 4.77. The monoisotopic (exact) mass is 401 g/mol. The Balaban J connectivity index is 2.21. The summed E-state index contributed by atoms with van der Waals surface area (Å²) in [4.78, 5) is 12.1. The quantitative estimate of drug-likeness (QED) is 0.813. The Morgan fingerprint density at radius 3 is 2.55 bits per heavy atom. The maximum absolute atomic E-state index is 13.5. The number of nitrogens with one attached hydrogen (secondary N) is 1. The number of carbonyl (C=O) groups excluding carboxylic acids is 1. The van der Waals surface area contributed by atoms with E-state index in [0.717, 1.165) is 4.47 Å². The lowest BCUT2D eigenvalue weighted by atomic mass is 10.2. The van der Waals surface area contributed by atoms with Crippen molar-refractivity contribution in [2.45, 2.75) is 0 Å². The standard InChI is InChI=1S/C14H10Br2FNO2/c1-20-13-5-3-9(7-12(13)17)18-14(19)10-4-2-8(15)6-11(10)16/h2-7H,1H3,(H,18,19). The minimum absolute atomic E-state index is 0.132. The number of halogens is 3. The van der Waals surface area contributed by atoms with Crippen LogP contribution in [-0.2, 0) is 0 Å². The van der Waals surface area contributed by atoms with Crippen molar-refractivity contribution in [3.05, 3.63) is 56.7 Å². The van der Waals surface area contributed by atoms with Gasteiger partial charge in [0.1, 0.15) is 0 Å². The zero-order chi connectivity index (χ0) is 14.7. The van der Waals surface area contributed by atoms with E-state index in [9.17, 15) is 9.18 Å². The van der Waals surface area contributed by atoms with Crippen LogP contribution in [-0.4, -0.2) is 13.0 Å². The maximum atomic E-state index is 13.5. The summed E-state index contributed by atoms with van der Waals surface area (Å²) in [7, 11) is 1.38. The van der Waals surface area contributed by atoms with Crippen molar-refractivity contribution in [2.75, 3.05) is 12.4 Å². The second kappa shape index (κ2) is 6.37. The molecule has 2 aromatic rings. The van der Waals surface area contributed by atoms with Gasteiger partial charge in [0, 0.05) is 20.7 Å². The van der Waals surface area contributed by atoms with Crippen LogP contribution in [0, 0.1) is 5.82 Å². The van der Waals surface area contributed by atoms with Gasteiger partial charge in [-0.05, 0) is 46.3 Å². The van der Waals surface area contributed by atoms with Crippen LogP contribution in [0.3, 0.4) is 0 Å². The molecule has 2 rings (SSSR count). The highest BCUT2D eigenvalue weighted by Gasteiger charge is 2.12. The van der Waals surface area contributed by atoms with Crippen LogP contribution in [0.1, 0.15) is 10.4 Å². The summed E-state index contributed by atoms with van der Waals surface area (Å²) in [5.41, 5.74) is 0.826. The highest BCUT2D eigenvalue weighted by atomic mass is 79.9. The minimum Gasteiger partial charge on any atom is -0.494 e. The number of amides is 1. The number of methoxy groups -OCH3 is 1. The lowest BCUT2D eigenvalue weighted by Gasteiger charge is -2.08. The summed E-state index contributed by atoms with van der Waals surface area (Å²) in [6, 6.07) is 9.44. The second-order valence-electron chi connectivity index (χ2n) is 3.93. The van der Waals surface area contributed by atoms with E-state index < -0.39 is 5.82 Å². The zero-order valence-electron chi connectivity index (χ0n) is 10.4. The molecular weight excluding hydrogens is 393 g/mol. The van der Waals surface area contributed by atoms with Crippen LogP contribution in [0.2, 0.25) is 0 Å². The molecule has 0 aliphatic heterocycles. The Morgan fingerprint density at radius 2 is 1.95 bits per heavy atom. The summed E-state index contributed by atoms with van der Waals surface area (Å²) >= 11 is 6.63. The van der Waals surface area contributed by atoms with Gasteiger partial charge in [0.05, 0.1) is 12.7 Å². The highest BCUT2D eigenvalue weighted by Crippen LogP contribution is 2.24. The van der Waals surface area contributed by atoms with Crippen LogP contribution in [0.15, 0.2) is 45.3 Å². The molecule has 1 amide bonds. The van der Waals surface area contributed by atoms with Gasteiger partial charge in [-0.15, -0.1) is 0 Å². The molecule has 1 N–H and O–H groups in total. The minimum atomic E-state index is -0.528. The fourth-order valence-corrected chi connectivity index (χ4v) is 2.84. The highest BCUT2D eigenvalue weighted by molar-refractivity contribution is 9.11. The van der Waals surface area contributed by atoms with Crippen LogP contribution < -0.4 is 10.1 Å². The predicted molar refractivity (Wildman–Crippen MR) is 82.7 cm³/mol. The van der Waals surface area contributed by atoms with Gasteiger partial charge in [-0.2, -0.15) is 0 Å². The van der Waals surface area contributed by atoms with Crippen molar-refractivity contribution in [3.8, 4) is 5.75 Å². The molecule has 0 aromatic heterocycles. The zero-order valence-corrected chi connectivity index (χ0v) is 13.6. The molecule has 20 heavy (non-hydrogen) atoms. The first-order chi connectivity index (χ1) is 9.51. The van der Waals surface area contributed by atoms with Gasteiger partial charge in [0.2, 0.25) is 0 Å². The Hall–Kier alpha value is -1.40. The largest absolute Gasteiger partial charge is 0.494 e. The summed E-state index contributed by atoms with van der Waals surface area (Å²) in [6.07, 6.45) is 0. The fourth-order valence-electron chi connectivity index (χ4n) is 1.62. The summed E-state index contributed by atoms with van der Waals surface area (Å²) in [6.45, 7) is 0. The molecule has 6 heteroatoms. The van der Waals surface area contributed by atoms with Crippen molar-refractivity contribution in [1.29, 1.82) is 0 Å². The van der Waals surface area contributed by atoms with E-state index in [1.54, 1.807) is 24.3 Å². The summed E-state index contributed by atoms with van der Waals surface area (Å²) in [5, 5.41) is 2.63. The van der Waals surface area contributed by atoms with E-state index in [1.807, 2.05) is 0 Å². The third-order valence-electron chi connectivity index (χ3n) is 2.59. The molecule has 0 unspecified atom stereocenters. The van der Waals surface area contributed by atoms with E-state index in [-0.39, 0.29) is 11.7 Å². The molecule has 2 aromatic carbocycles. The van der Waals surface area contributed by atoms with E-state index >= 15 is 0 Å². The maximum Gasteiger partial charge on any atom is 0.256 e. The molecule has 104 valence electrons. The van der Waals surface area contributed by atoms with Crippen molar-refractivity contribution >= 4 is 43.5 Å². The average molecular weight is 403 g/mol. The summed E-state index contributed by atoms with van der Waals surface area (Å²) in [5.74, 6) is -0.720. The molecule has 0 spiro atoms. The number of benzene rings is 2. The van der Waals surface area contributed by atoms with Crippen LogP contribution in [0.25, 0.3) is 0 Å². The Labute approximate surface area is 132 Å². The first kappa shape index (κ1) is 15.0. The summed E-state index contributed by atoms with van der Waals surface area (Å²) < 4.78 is 19.9. The lowest BCUT2D eigenvalue weighted by Crippen LogP contribution is -2.12. The van der Waals surface area contributed by atoms with Crippen LogP contribution >= 0.6 is 31.9 Å². The van der Waals surface area contributed by atoms with Crippen LogP contribution in [0.4, 0.5) is 10.1 Å². The Bertz CT molecular complexity index is 662. The average Bonchev–Trinajstić information content (AvgIpc) is 2.38. The van der Waals surface area contributed by atoms with E-state index in [0.29, 0.717) is 15.7 Å². The molecule has 0 saturated carbocycles. The molecule has 0 aliphatic rings. The number of hydrogen-bond acceptors (Lipinski definition) is 2. The van der Waals surface area contributed by atoms with E-state index in [4.69, 9.17) is 4.74 Å². The SMILES string of the molecule is COc1ccc(NC(=O)c2ccc(Br)cc2Br)cc1F. The van der Waals surface area contributed by atoms with Gasteiger partial charge >= 0.3 is 0 Å². The van der Waals surface area contributed by atoms with E-state index in [2.05, 4.69) is 37.2 Å². The molecule has 0 bridgehead atoms. The van der Waals surface area contributed by atoms with Crippen LogP contribution in [0.5, 0.6) is 5.75 Å². The second-order valence-corrected chi connectivity index (χ2v) is 5.70. The molecule has 3 nitrogen and oxygen atoms in total. The van der Waals surface area contributed by atoms with E-state index in [1.165, 1.54) is 19.2 Å². The number of ether oxygens (including phenoxy) is 1. The van der Waals surface area contributed by atoms with Crippen molar-refractivity contribution in [2.24, 2.45) is 0 Å². The van der Waals surface area contributed by atoms with Crippen molar-refractivity contribution in [1.82, 2.24) is 0 Å². The lowest BCUT2D eigenvalue weighted by molar-refractivity contribution is 0.102. The van der Waals surface area contributed by atoms with Crippen molar-refractivity contribution in [3.63, 3.8) is 0 Å². The fraction of sp³-hybridized carbons (Fsp3) is 0.0714. The van der Waals surface area contributed by atoms with Crippen molar-refractivity contribution < 1.29 is 13.9 Å². The molecule has 0 radical (unpaired) electrons. The number of carbonyl (C=O) groups is 1. The number of rotatable bonds is 3. The Morgan fingerprint density at radius 1 is 1.20 bits per heavy atom. The molecular formula is C14H10Br2FNO2. The van der Waals surface area contributed by atoms with Gasteiger partial charge in [-0.1, -0.05) is 15.9 Å². The van der Waals surface area contributed by atoms with Gasteiger partial charge in [0.15, 0.2) is 11.6 Å². The normalized spacial score (nSPS) is 10.2. The number of hydrogen-bond donors (Lipinski definition) is 1. The van der Waals surface area contributed by atoms with Gasteiger partial charge in [-0.3, -0.25) is 4.79 Å². The first-order valence-electron chi connectivity index (χ1n) is 5.61. The molecule has 0 atom stereocenters. The molecule has 0 saturated heterocycles. The third kappa shape index (κ3) is 3.37. The molecule has 0 heterocycles. The van der Waals surface area contributed by atoms with Gasteiger partial charge in [-0.25, -0.2) is 4.39 Å². The number of anilines is 1. The third-order valence-corrected chi connectivity index (χ3v) is 3.73. The molecule has 0 fully saturated rings. The smallest absolute Gasteiger partial charge is 0.256 e. The predicted octanol–water partition coefficient (Wildman–Crippen LogP) is 4.61. The topological polar surface area (TPSA) is 38.3 Å². The first-order valence-corrected chi connectivity index (χ1v) is 7.20.